The number of nitrogens with one attached hydrogen (secondary N) is 1. The number of aromatic amines is 1. The predicted molar refractivity (Wildman–Crippen MR) is 105 cm³/mol. The van der Waals surface area contributed by atoms with E-state index in [1.807, 2.05) is 0 Å². The first-order valence-corrected chi connectivity index (χ1v) is 9.87. The number of aromatic nitrogens is 3. The van der Waals surface area contributed by atoms with Gasteiger partial charge in [-0.05, 0) is 6.42 Å². The molecule has 4 heterocycles. The zero-order valence-corrected chi connectivity index (χ0v) is 17.0. The number of methoxy groups -OCH3 is 2. The third kappa shape index (κ3) is 2.94. The summed E-state index contributed by atoms with van der Waals surface area (Å²) in [6, 6.07) is -2.32. The SMILES string of the molecule is COC1=CC(OC)=C(F)C(N2Cc3cnc4[nH]ncc4c3N([C@H]3CCOC3)C2=O)C1F. The highest BCUT2D eigenvalue weighted by Crippen LogP contribution is 2.41. The Hall–Kier alpha value is -3.21. The summed E-state index contributed by atoms with van der Waals surface area (Å²) in [5.41, 5.74) is 1.83. The summed E-state index contributed by atoms with van der Waals surface area (Å²) < 4.78 is 46.2. The standard InChI is InChI=1S/C20H21F2N5O4/c1-29-13-5-14(30-2)16(22)18(15(13)21)26-8-10-6-23-19-12(7-24-25-19)17(10)27(20(26)28)11-3-4-31-9-11/h5-7,11,15,18H,3-4,8-9H2,1-2H3,(H,23,24,25)/t11-,15?,18?/m0/s1. The van der Waals surface area contributed by atoms with Gasteiger partial charge in [0.25, 0.3) is 0 Å². The van der Waals surface area contributed by atoms with Gasteiger partial charge in [0, 0.05) is 24.4 Å². The lowest BCUT2D eigenvalue weighted by molar-refractivity contribution is 0.0929. The molecule has 1 aliphatic carbocycles. The molecule has 1 fully saturated rings. The van der Waals surface area contributed by atoms with Gasteiger partial charge in [0.2, 0.25) is 0 Å². The molecule has 2 aromatic heterocycles. The molecule has 11 heteroatoms. The molecule has 3 atom stereocenters. The molecular formula is C20H21F2N5O4. The summed E-state index contributed by atoms with van der Waals surface area (Å²) >= 11 is 0. The van der Waals surface area contributed by atoms with E-state index < -0.39 is 24.1 Å². The Kier molecular flexibility index (Phi) is 4.77. The van der Waals surface area contributed by atoms with Gasteiger partial charge in [0.1, 0.15) is 11.8 Å². The first-order chi connectivity index (χ1) is 15.0. The number of halogens is 2. The van der Waals surface area contributed by atoms with Crippen LogP contribution in [0.4, 0.5) is 19.3 Å². The zero-order chi connectivity index (χ0) is 21.7. The van der Waals surface area contributed by atoms with Gasteiger partial charge in [0.05, 0.1) is 50.7 Å². The molecule has 2 aromatic rings. The fourth-order valence-corrected chi connectivity index (χ4v) is 4.43. The average molecular weight is 433 g/mol. The van der Waals surface area contributed by atoms with E-state index in [4.69, 9.17) is 14.2 Å². The number of amides is 2. The summed E-state index contributed by atoms with van der Waals surface area (Å²) in [7, 11) is 2.57. The second-order valence-electron chi connectivity index (χ2n) is 7.58. The van der Waals surface area contributed by atoms with Crippen LogP contribution >= 0.6 is 0 Å². The minimum atomic E-state index is -1.89. The van der Waals surface area contributed by atoms with Gasteiger partial charge in [-0.25, -0.2) is 18.6 Å². The van der Waals surface area contributed by atoms with Crippen LogP contribution in [0.5, 0.6) is 0 Å². The van der Waals surface area contributed by atoms with E-state index in [-0.39, 0.29) is 24.1 Å². The van der Waals surface area contributed by atoms with E-state index in [1.165, 1.54) is 19.1 Å². The molecule has 0 radical (unpaired) electrons. The van der Waals surface area contributed by atoms with E-state index in [2.05, 4.69) is 15.2 Å². The van der Waals surface area contributed by atoms with Crippen LogP contribution in [0.15, 0.2) is 35.8 Å². The first-order valence-electron chi connectivity index (χ1n) is 9.87. The van der Waals surface area contributed by atoms with Crippen LogP contribution in [0.3, 0.4) is 0 Å². The van der Waals surface area contributed by atoms with Crippen molar-refractivity contribution in [1.82, 2.24) is 20.1 Å². The summed E-state index contributed by atoms with van der Waals surface area (Å²) in [5.74, 6) is -1.15. The molecule has 0 aromatic carbocycles. The van der Waals surface area contributed by atoms with E-state index in [1.54, 1.807) is 17.3 Å². The number of alkyl halides is 1. The van der Waals surface area contributed by atoms with Crippen LogP contribution in [-0.2, 0) is 20.8 Å². The highest BCUT2D eigenvalue weighted by molar-refractivity contribution is 6.04. The fraction of sp³-hybridized carbons (Fsp3) is 0.450. The molecule has 0 bridgehead atoms. The maximum Gasteiger partial charge on any atom is 0.325 e. The van der Waals surface area contributed by atoms with Crippen molar-refractivity contribution in [1.29, 1.82) is 0 Å². The van der Waals surface area contributed by atoms with Crippen molar-refractivity contribution in [2.45, 2.75) is 31.2 Å². The highest BCUT2D eigenvalue weighted by atomic mass is 19.1. The maximum absolute atomic E-state index is 15.3. The monoisotopic (exact) mass is 433 g/mol. The smallest absolute Gasteiger partial charge is 0.325 e. The number of nitrogens with zero attached hydrogens (tertiary/aromatic N) is 4. The number of rotatable bonds is 4. The lowest BCUT2D eigenvalue weighted by Gasteiger charge is -2.44. The molecule has 0 saturated carbocycles. The molecule has 1 N–H and O–H groups in total. The van der Waals surface area contributed by atoms with E-state index in [0.717, 1.165) is 6.08 Å². The van der Waals surface area contributed by atoms with Gasteiger partial charge < -0.3 is 19.1 Å². The van der Waals surface area contributed by atoms with Crippen molar-refractivity contribution in [3.8, 4) is 0 Å². The Morgan fingerprint density at radius 1 is 1.29 bits per heavy atom. The number of anilines is 1. The Bertz CT molecular complexity index is 1090. The summed E-state index contributed by atoms with van der Waals surface area (Å²) in [5, 5.41) is 7.50. The normalized spacial score (nSPS) is 26.4. The number of hydrogen-bond donors (Lipinski definition) is 1. The third-order valence-electron chi connectivity index (χ3n) is 5.94. The third-order valence-corrected chi connectivity index (χ3v) is 5.94. The van der Waals surface area contributed by atoms with Gasteiger partial charge >= 0.3 is 6.03 Å². The molecule has 0 spiro atoms. The van der Waals surface area contributed by atoms with E-state index in [9.17, 15) is 4.79 Å². The number of urea groups is 1. The number of hydrogen-bond acceptors (Lipinski definition) is 6. The van der Waals surface area contributed by atoms with Gasteiger partial charge in [-0.1, -0.05) is 0 Å². The van der Waals surface area contributed by atoms with Gasteiger partial charge in [0.15, 0.2) is 23.4 Å². The van der Waals surface area contributed by atoms with Crippen molar-refractivity contribution in [2.24, 2.45) is 0 Å². The molecule has 5 rings (SSSR count). The van der Waals surface area contributed by atoms with Crippen LogP contribution in [0, 0.1) is 0 Å². The van der Waals surface area contributed by atoms with Gasteiger partial charge in [-0.15, -0.1) is 0 Å². The van der Waals surface area contributed by atoms with Crippen molar-refractivity contribution >= 4 is 22.8 Å². The van der Waals surface area contributed by atoms with Crippen LogP contribution in [0.1, 0.15) is 12.0 Å². The number of allylic oxidation sites excluding steroid dienone is 1. The van der Waals surface area contributed by atoms with Crippen molar-refractivity contribution in [3.63, 3.8) is 0 Å². The quantitative estimate of drug-likeness (QED) is 0.797. The molecule has 164 valence electrons. The molecule has 3 aliphatic rings. The Morgan fingerprint density at radius 2 is 2.13 bits per heavy atom. The number of pyridine rings is 1. The van der Waals surface area contributed by atoms with Crippen LogP contribution < -0.4 is 4.90 Å². The molecule has 9 nitrogen and oxygen atoms in total. The number of carbonyl (C=O) groups excluding carboxylic acids is 1. The van der Waals surface area contributed by atoms with Crippen molar-refractivity contribution in [3.05, 3.63) is 41.4 Å². The number of carbonyl (C=O) groups is 1. The Morgan fingerprint density at radius 3 is 2.84 bits per heavy atom. The maximum atomic E-state index is 15.3. The number of H-pyrrole nitrogens is 1. The Labute approximate surface area is 176 Å². The lowest BCUT2D eigenvalue weighted by atomic mass is 9.97. The van der Waals surface area contributed by atoms with Crippen LogP contribution in [0.2, 0.25) is 0 Å². The molecular weight excluding hydrogens is 412 g/mol. The summed E-state index contributed by atoms with van der Waals surface area (Å²) in [6.45, 7) is 0.797. The molecule has 2 amide bonds. The first kappa shape index (κ1) is 19.7. The topological polar surface area (TPSA) is 92.8 Å². The predicted octanol–water partition coefficient (Wildman–Crippen LogP) is 2.57. The second-order valence-corrected chi connectivity index (χ2v) is 7.58. The molecule has 2 aliphatic heterocycles. The minimum absolute atomic E-state index is 0.0289. The molecule has 2 unspecified atom stereocenters. The fourth-order valence-electron chi connectivity index (χ4n) is 4.43. The van der Waals surface area contributed by atoms with E-state index >= 15 is 8.78 Å². The summed E-state index contributed by atoms with van der Waals surface area (Å²) in [4.78, 5) is 20.8. The minimum Gasteiger partial charge on any atom is -0.498 e. The highest BCUT2D eigenvalue weighted by Gasteiger charge is 2.47. The lowest BCUT2D eigenvalue weighted by Crippen LogP contribution is -2.58. The number of ether oxygens (including phenoxy) is 3. The zero-order valence-electron chi connectivity index (χ0n) is 17.0. The van der Waals surface area contributed by atoms with Crippen molar-refractivity contribution < 1.29 is 27.8 Å². The summed E-state index contributed by atoms with van der Waals surface area (Å²) in [6.07, 6.45) is 3.08. The van der Waals surface area contributed by atoms with Gasteiger partial charge in [-0.3, -0.25) is 10.00 Å². The van der Waals surface area contributed by atoms with E-state index in [0.29, 0.717) is 41.9 Å². The molecule has 1 saturated heterocycles. The van der Waals surface area contributed by atoms with Crippen LogP contribution in [0.25, 0.3) is 11.0 Å². The average Bonchev–Trinajstić information content (AvgIpc) is 3.46. The largest absolute Gasteiger partial charge is 0.498 e. The van der Waals surface area contributed by atoms with Crippen molar-refractivity contribution in [2.75, 3.05) is 32.3 Å². The Balaban J connectivity index is 1.64. The van der Waals surface area contributed by atoms with Crippen LogP contribution in [-0.4, -0.2) is 71.8 Å². The number of fused-ring (bicyclic) bond motifs is 3. The molecule has 31 heavy (non-hydrogen) atoms. The van der Waals surface area contributed by atoms with Gasteiger partial charge in [-0.2, -0.15) is 5.10 Å². The second kappa shape index (κ2) is 7.49.